The Kier molecular flexibility index (Phi) is 4.33. The summed E-state index contributed by atoms with van der Waals surface area (Å²) in [6, 6.07) is 13.5. The number of benzene rings is 1. The molecule has 7 heteroatoms. The van der Waals surface area contributed by atoms with Crippen molar-refractivity contribution in [2.24, 2.45) is 0 Å². The van der Waals surface area contributed by atoms with E-state index in [0.29, 0.717) is 22.6 Å². The van der Waals surface area contributed by atoms with E-state index in [0.717, 1.165) is 4.90 Å². The minimum Gasteiger partial charge on any atom is -0.467 e. The highest BCUT2D eigenvalue weighted by Crippen LogP contribution is 2.22. The van der Waals surface area contributed by atoms with Crippen molar-refractivity contribution >= 4 is 17.7 Å². The molecule has 3 aromatic rings. The van der Waals surface area contributed by atoms with Gasteiger partial charge in [-0.2, -0.15) is 0 Å². The second-order valence-corrected chi connectivity index (χ2v) is 6.15. The number of amides is 3. The number of carbonyl (C=O) groups excluding carboxylic acids is 3. The van der Waals surface area contributed by atoms with Gasteiger partial charge >= 0.3 is 0 Å². The van der Waals surface area contributed by atoms with E-state index in [9.17, 15) is 14.4 Å². The zero-order valence-corrected chi connectivity index (χ0v) is 14.3. The summed E-state index contributed by atoms with van der Waals surface area (Å²) in [6.07, 6.45) is 3.05. The summed E-state index contributed by atoms with van der Waals surface area (Å²) in [5, 5.41) is 0. The average molecular weight is 364 g/mol. The molecule has 2 aromatic heterocycles. The van der Waals surface area contributed by atoms with Crippen LogP contribution < -0.4 is 0 Å². The van der Waals surface area contributed by atoms with Gasteiger partial charge in [-0.25, -0.2) is 0 Å². The van der Waals surface area contributed by atoms with Crippen molar-refractivity contribution in [3.05, 3.63) is 83.7 Å². The summed E-state index contributed by atoms with van der Waals surface area (Å²) in [6.45, 7) is 0.0686. The maximum absolute atomic E-state index is 12.9. The molecule has 1 aliphatic heterocycles. The lowest BCUT2D eigenvalue weighted by molar-refractivity contribution is -0.133. The Hall–Kier alpha value is -3.61. The first-order valence-corrected chi connectivity index (χ1v) is 8.41. The van der Waals surface area contributed by atoms with Crippen LogP contribution in [0.2, 0.25) is 0 Å². The van der Waals surface area contributed by atoms with Gasteiger partial charge in [0.15, 0.2) is 0 Å². The fourth-order valence-electron chi connectivity index (χ4n) is 3.03. The molecule has 27 heavy (non-hydrogen) atoms. The SMILES string of the molecule is O=C(CN1C(=O)c2ccccc2C1=O)N(Cc1ccco1)Cc1ccco1. The van der Waals surface area contributed by atoms with Crippen molar-refractivity contribution in [2.75, 3.05) is 6.54 Å². The third-order valence-corrected chi connectivity index (χ3v) is 4.38. The average Bonchev–Trinajstić information content (AvgIpc) is 3.41. The predicted octanol–water partition coefficient (Wildman–Crippen LogP) is 2.70. The molecule has 0 aliphatic carbocycles. The van der Waals surface area contributed by atoms with E-state index in [1.54, 1.807) is 48.5 Å². The lowest BCUT2D eigenvalue weighted by Crippen LogP contribution is -2.42. The number of carbonyl (C=O) groups is 3. The van der Waals surface area contributed by atoms with Crippen LogP contribution in [0.25, 0.3) is 0 Å². The smallest absolute Gasteiger partial charge is 0.262 e. The number of fused-ring (bicyclic) bond motifs is 1. The van der Waals surface area contributed by atoms with E-state index >= 15 is 0 Å². The van der Waals surface area contributed by atoms with Gasteiger partial charge in [0.25, 0.3) is 11.8 Å². The van der Waals surface area contributed by atoms with Crippen molar-refractivity contribution in [1.82, 2.24) is 9.80 Å². The van der Waals surface area contributed by atoms with Crippen LogP contribution in [0.4, 0.5) is 0 Å². The summed E-state index contributed by atoms with van der Waals surface area (Å²) in [4.78, 5) is 40.3. The van der Waals surface area contributed by atoms with E-state index in [2.05, 4.69) is 0 Å². The molecule has 7 nitrogen and oxygen atoms in total. The van der Waals surface area contributed by atoms with E-state index in [1.165, 1.54) is 17.4 Å². The number of nitrogens with zero attached hydrogens (tertiary/aromatic N) is 2. The monoisotopic (exact) mass is 364 g/mol. The topological polar surface area (TPSA) is 84.0 Å². The Labute approximate surface area is 154 Å². The van der Waals surface area contributed by atoms with Gasteiger partial charge in [0.1, 0.15) is 18.1 Å². The lowest BCUT2D eigenvalue weighted by Gasteiger charge is -2.23. The van der Waals surface area contributed by atoms with Crippen molar-refractivity contribution in [3.63, 3.8) is 0 Å². The molecule has 4 rings (SSSR count). The van der Waals surface area contributed by atoms with E-state index in [-0.39, 0.29) is 25.5 Å². The molecule has 0 saturated heterocycles. The second-order valence-electron chi connectivity index (χ2n) is 6.15. The van der Waals surface area contributed by atoms with Gasteiger partial charge in [-0.05, 0) is 36.4 Å². The van der Waals surface area contributed by atoms with Gasteiger partial charge in [-0.1, -0.05) is 12.1 Å². The summed E-state index contributed by atoms with van der Waals surface area (Å²) in [5.41, 5.74) is 0.637. The highest BCUT2D eigenvalue weighted by Gasteiger charge is 2.37. The molecular weight excluding hydrogens is 348 g/mol. The van der Waals surface area contributed by atoms with E-state index in [1.807, 2.05) is 0 Å². The standard InChI is InChI=1S/C20H16N2O5/c23-18(13-22-19(24)16-7-1-2-8-17(16)20(22)25)21(11-14-5-3-9-26-14)12-15-6-4-10-27-15/h1-10H,11-13H2. The zero-order valence-electron chi connectivity index (χ0n) is 14.3. The fraction of sp³-hybridized carbons (Fsp3) is 0.150. The molecule has 0 N–H and O–H groups in total. The Morgan fingerprint density at radius 3 is 1.78 bits per heavy atom. The van der Waals surface area contributed by atoms with Crippen LogP contribution >= 0.6 is 0 Å². The number of hydrogen-bond donors (Lipinski definition) is 0. The Balaban J connectivity index is 1.53. The molecule has 0 fully saturated rings. The van der Waals surface area contributed by atoms with Gasteiger partial charge in [0.2, 0.25) is 5.91 Å². The third-order valence-electron chi connectivity index (χ3n) is 4.38. The quantitative estimate of drug-likeness (QED) is 0.628. The van der Waals surface area contributed by atoms with Crippen LogP contribution in [-0.4, -0.2) is 34.1 Å². The molecule has 3 amide bonds. The molecule has 0 atom stereocenters. The molecule has 1 aromatic carbocycles. The fourth-order valence-corrected chi connectivity index (χ4v) is 3.03. The third kappa shape index (κ3) is 3.27. The van der Waals surface area contributed by atoms with Gasteiger partial charge in [-0.3, -0.25) is 19.3 Å². The largest absolute Gasteiger partial charge is 0.467 e. The molecular formula is C20H16N2O5. The Morgan fingerprint density at radius 2 is 1.33 bits per heavy atom. The van der Waals surface area contributed by atoms with Crippen molar-refractivity contribution < 1.29 is 23.2 Å². The first-order valence-electron chi connectivity index (χ1n) is 8.41. The molecule has 0 saturated carbocycles. The molecule has 0 radical (unpaired) electrons. The normalized spacial score (nSPS) is 13.1. The predicted molar refractivity (Wildman–Crippen MR) is 93.5 cm³/mol. The van der Waals surface area contributed by atoms with E-state index < -0.39 is 11.8 Å². The minimum atomic E-state index is -0.458. The zero-order chi connectivity index (χ0) is 18.8. The van der Waals surface area contributed by atoms with Crippen LogP contribution in [0.3, 0.4) is 0 Å². The van der Waals surface area contributed by atoms with Crippen LogP contribution in [0.5, 0.6) is 0 Å². The summed E-state index contributed by atoms with van der Waals surface area (Å²) < 4.78 is 10.6. The van der Waals surface area contributed by atoms with Gasteiger partial charge < -0.3 is 13.7 Å². The van der Waals surface area contributed by atoms with Crippen molar-refractivity contribution in [3.8, 4) is 0 Å². The van der Waals surface area contributed by atoms with Crippen LogP contribution in [-0.2, 0) is 17.9 Å². The van der Waals surface area contributed by atoms with Crippen LogP contribution in [0, 0.1) is 0 Å². The first-order chi connectivity index (χ1) is 13.1. The number of rotatable bonds is 6. The van der Waals surface area contributed by atoms with Gasteiger partial charge in [0, 0.05) is 0 Å². The summed E-state index contributed by atoms with van der Waals surface area (Å²) in [5.74, 6) is -0.105. The first kappa shape index (κ1) is 16.8. The number of imide groups is 1. The van der Waals surface area contributed by atoms with Crippen molar-refractivity contribution in [1.29, 1.82) is 0 Å². The van der Waals surface area contributed by atoms with Crippen LogP contribution in [0.1, 0.15) is 32.2 Å². The highest BCUT2D eigenvalue weighted by molar-refractivity contribution is 6.22. The van der Waals surface area contributed by atoms with E-state index in [4.69, 9.17) is 8.83 Å². The molecule has 0 bridgehead atoms. The van der Waals surface area contributed by atoms with Gasteiger partial charge in [-0.15, -0.1) is 0 Å². The van der Waals surface area contributed by atoms with Gasteiger partial charge in [0.05, 0.1) is 36.7 Å². The molecule has 0 unspecified atom stereocenters. The van der Waals surface area contributed by atoms with Crippen LogP contribution in [0.15, 0.2) is 69.9 Å². The Morgan fingerprint density at radius 1 is 0.815 bits per heavy atom. The lowest BCUT2D eigenvalue weighted by atomic mass is 10.1. The highest BCUT2D eigenvalue weighted by atomic mass is 16.3. The maximum Gasteiger partial charge on any atom is 0.262 e. The molecule has 3 heterocycles. The minimum absolute atomic E-state index is 0.204. The maximum atomic E-state index is 12.9. The van der Waals surface area contributed by atoms with Crippen molar-refractivity contribution in [2.45, 2.75) is 13.1 Å². The Bertz CT molecular complexity index is 904. The molecule has 136 valence electrons. The molecule has 0 spiro atoms. The summed E-state index contributed by atoms with van der Waals surface area (Å²) in [7, 11) is 0. The molecule has 1 aliphatic rings. The summed E-state index contributed by atoms with van der Waals surface area (Å²) >= 11 is 0. The second kappa shape index (κ2) is 6.95. The number of furan rings is 2. The number of hydrogen-bond acceptors (Lipinski definition) is 5.